The number of carbonyl (C=O) groups excluding carboxylic acids is 1. The van der Waals surface area contributed by atoms with Crippen LogP contribution >= 0.6 is 15.9 Å². The minimum atomic E-state index is -3.88. The van der Waals surface area contributed by atoms with Crippen LogP contribution in [0.2, 0.25) is 0 Å². The van der Waals surface area contributed by atoms with E-state index in [2.05, 4.69) is 21.2 Å². The van der Waals surface area contributed by atoms with E-state index in [1.165, 1.54) is 16.4 Å². The van der Waals surface area contributed by atoms with Crippen LogP contribution in [0.25, 0.3) is 0 Å². The number of nitrogens with zero attached hydrogens (tertiary/aromatic N) is 1. The van der Waals surface area contributed by atoms with Crippen LogP contribution in [0.5, 0.6) is 0 Å². The van der Waals surface area contributed by atoms with Crippen molar-refractivity contribution in [3.05, 3.63) is 94.0 Å². The summed E-state index contributed by atoms with van der Waals surface area (Å²) >= 11 is 3.33. The molecular weight excluding hydrogens is 476 g/mol. The van der Waals surface area contributed by atoms with Gasteiger partial charge in [-0.2, -0.15) is 4.31 Å². The molecule has 1 amide bonds. The third kappa shape index (κ3) is 5.81. The summed E-state index contributed by atoms with van der Waals surface area (Å²) in [5.41, 5.74) is 3.51. The highest BCUT2D eigenvalue weighted by Crippen LogP contribution is 2.23. The van der Waals surface area contributed by atoms with Crippen molar-refractivity contribution in [1.82, 2.24) is 4.31 Å². The molecule has 1 N–H and O–H groups in total. The number of benzene rings is 3. The Balaban J connectivity index is 1.90. The Morgan fingerprint density at radius 1 is 0.968 bits per heavy atom. The first-order chi connectivity index (χ1) is 14.8. The molecule has 0 aliphatic carbocycles. The summed E-state index contributed by atoms with van der Waals surface area (Å²) in [5, 5.41) is 2.93. The average Bonchev–Trinajstić information content (AvgIpc) is 2.75. The first kappa shape index (κ1) is 23.2. The lowest BCUT2D eigenvalue weighted by Gasteiger charge is -2.23. The van der Waals surface area contributed by atoms with Gasteiger partial charge in [0.05, 0.1) is 11.4 Å². The molecule has 0 saturated heterocycles. The minimum Gasteiger partial charge on any atom is -0.324 e. The maximum atomic E-state index is 13.4. The number of aryl methyl sites for hydroxylation is 2. The fourth-order valence-electron chi connectivity index (χ4n) is 3.31. The Morgan fingerprint density at radius 2 is 1.65 bits per heavy atom. The lowest BCUT2D eigenvalue weighted by atomic mass is 10.1. The van der Waals surface area contributed by atoms with Gasteiger partial charge in [0.25, 0.3) is 0 Å². The van der Waals surface area contributed by atoms with E-state index >= 15 is 0 Å². The van der Waals surface area contributed by atoms with Crippen molar-refractivity contribution in [3.63, 3.8) is 0 Å². The van der Waals surface area contributed by atoms with Gasteiger partial charge < -0.3 is 5.32 Å². The number of rotatable bonds is 8. The van der Waals surface area contributed by atoms with Gasteiger partial charge in [0.15, 0.2) is 0 Å². The molecule has 3 aromatic carbocycles. The number of amides is 1. The summed E-state index contributed by atoms with van der Waals surface area (Å²) in [7, 11) is -3.88. The van der Waals surface area contributed by atoms with Gasteiger partial charge in [0, 0.05) is 16.7 Å². The number of nitrogens with one attached hydrogen (secondary N) is 1. The Labute approximate surface area is 192 Å². The van der Waals surface area contributed by atoms with Gasteiger partial charge >= 0.3 is 0 Å². The lowest BCUT2D eigenvalue weighted by molar-refractivity contribution is -0.116. The third-order valence-electron chi connectivity index (χ3n) is 4.98. The van der Waals surface area contributed by atoms with Crippen LogP contribution in [0.15, 0.2) is 82.2 Å². The summed E-state index contributed by atoms with van der Waals surface area (Å²) in [4.78, 5) is 13.1. The van der Waals surface area contributed by atoms with Crippen molar-refractivity contribution >= 4 is 37.5 Å². The normalized spacial score (nSPS) is 11.5. The van der Waals surface area contributed by atoms with Crippen molar-refractivity contribution in [3.8, 4) is 0 Å². The standard InChI is InChI=1S/C24H25BrN2O3S/c1-3-20-11-7-8-18(2)24(20)26-23(28)17-27(16-19-9-5-4-6-10-19)31(29,30)22-14-12-21(25)13-15-22/h4-15H,3,16-17H2,1-2H3,(H,26,28). The summed E-state index contributed by atoms with van der Waals surface area (Å²) < 4.78 is 28.7. The second-order valence-electron chi connectivity index (χ2n) is 7.22. The largest absolute Gasteiger partial charge is 0.324 e. The molecule has 3 rings (SSSR count). The molecule has 31 heavy (non-hydrogen) atoms. The van der Waals surface area contributed by atoms with E-state index in [1.54, 1.807) is 12.1 Å². The fourth-order valence-corrected chi connectivity index (χ4v) is 4.96. The number of anilines is 1. The van der Waals surface area contributed by atoms with Gasteiger partial charge in [0.2, 0.25) is 15.9 Å². The van der Waals surface area contributed by atoms with Crippen LogP contribution in [-0.4, -0.2) is 25.2 Å². The summed E-state index contributed by atoms with van der Waals surface area (Å²) in [6, 6.07) is 21.5. The highest BCUT2D eigenvalue weighted by atomic mass is 79.9. The van der Waals surface area contributed by atoms with Gasteiger partial charge in [-0.1, -0.05) is 71.4 Å². The van der Waals surface area contributed by atoms with Crippen molar-refractivity contribution in [2.24, 2.45) is 0 Å². The zero-order valence-electron chi connectivity index (χ0n) is 17.5. The molecule has 5 nitrogen and oxygen atoms in total. The van der Waals surface area contributed by atoms with Crippen LogP contribution in [-0.2, 0) is 27.8 Å². The summed E-state index contributed by atoms with van der Waals surface area (Å²) in [6.07, 6.45) is 0.766. The molecule has 0 fully saturated rings. The average molecular weight is 501 g/mol. The second kappa shape index (κ2) is 10.2. The van der Waals surface area contributed by atoms with E-state index in [0.717, 1.165) is 33.3 Å². The predicted molar refractivity (Wildman–Crippen MR) is 127 cm³/mol. The molecule has 0 atom stereocenters. The van der Waals surface area contributed by atoms with Gasteiger partial charge in [-0.25, -0.2) is 8.42 Å². The highest BCUT2D eigenvalue weighted by molar-refractivity contribution is 9.10. The minimum absolute atomic E-state index is 0.0983. The molecule has 0 saturated carbocycles. The Hall–Kier alpha value is -2.48. The topological polar surface area (TPSA) is 66.5 Å². The van der Waals surface area contributed by atoms with Crippen LogP contribution < -0.4 is 5.32 Å². The van der Waals surface area contributed by atoms with Crippen LogP contribution in [0.3, 0.4) is 0 Å². The highest BCUT2D eigenvalue weighted by Gasteiger charge is 2.27. The Bertz CT molecular complexity index is 1150. The maximum Gasteiger partial charge on any atom is 0.243 e. The van der Waals surface area contributed by atoms with Crippen LogP contribution in [0.1, 0.15) is 23.6 Å². The smallest absolute Gasteiger partial charge is 0.243 e. The Kier molecular flexibility index (Phi) is 7.64. The molecule has 0 spiro atoms. The van der Waals surface area contributed by atoms with E-state index in [9.17, 15) is 13.2 Å². The van der Waals surface area contributed by atoms with Gasteiger partial charge in [-0.15, -0.1) is 0 Å². The summed E-state index contributed by atoms with van der Waals surface area (Å²) in [5.74, 6) is -0.374. The SMILES string of the molecule is CCc1cccc(C)c1NC(=O)CN(Cc1ccccc1)S(=O)(=O)c1ccc(Br)cc1. The van der Waals surface area contributed by atoms with Crippen LogP contribution in [0, 0.1) is 6.92 Å². The molecule has 0 radical (unpaired) electrons. The van der Waals surface area contributed by atoms with Gasteiger partial charge in [0.1, 0.15) is 0 Å². The molecule has 0 unspecified atom stereocenters. The third-order valence-corrected chi connectivity index (χ3v) is 7.31. The quantitative estimate of drug-likeness (QED) is 0.464. The van der Waals surface area contributed by atoms with Crippen molar-refractivity contribution < 1.29 is 13.2 Å². The fraction of sp³-hybridized carbons (Fsp3) is 0.208. The first-order valence-electron chi connectivity index (χ1n) is 9.99. The number of hydrogen-bond donors (Lipinski definition) is 1. The van der Waals surface area contributed by atoms with Crippen molar-refractivity contribution in [2.75, 3.05) is 11.9 Å². The zero-order valence-corrected chi connectivity index (χ0v) is 19.9. The zero-order chi connectivity index (χ0) is 22.4. The number of halogens is 1. The van der Waals surface area contributed by atoms with E-state index in [1.807, 2.05) is 62.4 Å². The number of carbonyl (C=O) groups is 1. The second-order valence-corrected chi connectivity index (χ2v) is 10.1. The first-order valence-corrected chi connectivity index (χ1v) is 12.2. The lowest BCUT2D eigenvalue weighted by Crippen LogP contribution is -2.37. The molecule has 0 aliphatic rings. The van der Waals surface area contributed by atoms with Gasteiger partial charge in [-0.3, -0.25) is 4.79 Å². The van der Waals surface area contributed by atoms with Crippen molar-refractivity contribution in [1.29, 1.82) is 0 Å². The Morgan fingerprint density at radius 3 is 2.29 bits per heavy atom. The molecule has 0 bridgehead atoms. The van der Waals surface area contributed by atoms with E-state index in [0.29, 0.717) is 0 Å². The molecule has 162 valence electrons. The maximum absolute atomic E-state index is 13.4. The monoisotopic (exact) mass is 500 g/mol. The molecule has 0 aromatic heterocycles. The summed E-state index contributed by atoms with van der Waals surface area (Å²) in [6.45, 7) is 3.76. The molecule has 0 heterocycles. The predicted octanol–water partition coefficient (Wildman–Crippen LogP) is 5.15. The number of hydrogen-bond acceptors (Lipinski definition) is 3. The number of sulfonamides is 1. The van der Waals surface area contributed by atoms with E-state index in [-0.39, 0.29) is 23.9 Å². The van der Waals surface area contributed by atoms with Crippen LogP contribution in [0.4, 0.5) is 5.69 Å². The molecule has 0 aliphatic heterocycles. The van der Waals surface area contributed by atoms with E-state index < -0.39 is 10.0 Å². The van der Waals surface area contributed by atoms with E-state index in [4.69, 9.17) is 0 Å². The molecule has 7 heteroatoms. The number of para-hydroxylation sites is 1. The van der Waals surface area contributed by atoms with Crippen molar-refractivity contribution in [2.45, 2.75) is 31.7 Å². The van der Waals surface area contributed by atoms with Gasteiger partial charge in [-0.05, 0) is 54.3 Å². The molecule has 3 aromatic rings. The molecular formula is C24H25BrN2O3S.